The minimum absolute atomic E-state index is 1.14. The lowest BCUT2D eigenvalue weighted by molar-refractivity contribution is 0.556. The van der Waals surface area contributed by atoms with E-state index in [1.807, 2.05) is 6.07 Å². The number of nitrogens with one attached hydrogen (secondary N) is 1. The number of hydrogen-bond donors (Lipinski definition) is 1. The first-order valence-corrected chi connectivity index (χ1v) is 10.3. The van der Waals surface area contributed by atoms with Crippen molar-refractivity contribution in [1.29, 1.82) is 0 Å². The number of aryl methyl sites for hydroxylation is 1. The standard InChI is InChI=1S/C24H35N/c1-2-3-4-5-6-7-8-9-10-12-15-22-18-20-24(21-19-22)25-23-16-13-11-14-17-23/h11,13-14,16-21,25H,2-10,12,15H2,1H3. The van der Waals surface area contributed by atoms with Crippen LogP contribution in [0.15, 0.2) is 54.6 Å². The Hall–Kier alpha value is -1.76. The number of unbranched alkanes of at least 4 members (excludes halogenated alkanes) is 9. The summed E-state index contributed by atoms with van der Waals surface area (Å²) in [5.74, 6) is 0. The quantitative estimate of drug-likeness (QED) is 0.366. The van der Waals surface area contributed by atoms with Crippen LogP contribution in [0.3, 0.4) is 0 Å². The van der Waals surface area contributed by atoms with Gasteiger partial charge in [-0.3, -0.25) is 0 Å². The smallest absolute Gasteiger partial charge is 0.0384 e. The van der Waals surface area contributed by atoms with Crippen LogP contribution in [0.25, 0.3) is 0 Å². The van der Waals surface area contributed by atoms with Crippen molar-refractivity contribution in [3.63, 3.8) is 0 Å². The molecule has 0 saturated heterocycles. The highest BCUT2D eigenvalue weighted by molar-refractivity contribution is 5.59. The van der Waals surface area contributed by atoms with E-state index >= 15 is 0 Å². The van der Waals surface area contributed by atoms with E-state index in [9.17, 15) is 0 Å². The van der Waals surface area contributed by atoms with Crippen LogP contribution in [0.2, 0.25) is 0 Å². The molecule has 2 rings (SSSR count). The van der Waals surface area contributed by atoms with Crippen LogP contribution in [0.4, 0.5) is 11.4 Å². The van der Waals surface area contributed by atoms with E-state index in [1.165, 1.54) is 76.2 Å². The lowest BCUT2D eigenvalue weighted by atomic mass is 10.0. The fraction of sp³-hybridized carbons (Fsp3) is 0.500. The molecule has 2 aromatic carbocycles. The Balaban J connectivity index is 1.53. The molecule has 0 aromatic heterocycles. The molecular weight excluding hydrogens is 302 g/mol. The summed E-state index contributed by atoms with van der Waals surface area (Å²) in [5.41, 5.74) is 3.76. The lowest BCUT2D eigenvalue weighted by Gasteiger charge is -2.07. The molecule has 136 valence electrons. The van der Waals surface area contributed by atoms with Crippen LogP contribution in [-0.2, 0) is 6.42 Å². The molecule has 0 atom stereocenters. The predicted octanol–water partition coefficient (Wildman–Crippen LogP) is 7.89. The molecule has 1 nitrogen and oxygen atoms in total. The summed E-state index contributed by atoms with van der Waals surface area (Å²) in [6, 6.07) is 19.3. The third-order valence-corrected chi connectivity index (χ3v) is 4.84. The molecule has 0 amide bonds. The van der Waals surface area contributed by atoms with Gasteiger partial charge in [-0.15, -0.1) is 0 Å². The Kier molecular flexibility index (Phi) is 9.84. The fourth-order valence-corrected chi connectivity index (χ4v) is 3.26. The molecule has 0 bridgehead atoms. The Morgan fingerprint density at radius 2 is 1.08 bits per heavy atom. The Bertz CT molecular complexity index is 544. The molecule has 0 saturated carbocycles. The van der Waals surface area contributed by atoms with Gasteiger partial charge in [0.2, 0.25) is 0 Å². The van der Waals surface area contributed by atoms with Crippen molar-refractivity contribution >= 4 is 11.4 Å². The largest absolute Gasteiger partial charge is 0.356 e. The third kappa shape index (κ3) is 8.77. The maximum atomic E-state index is 3.44. The Labute approximate surface area is 154 Å². The van der Waals surface area contributed by atoms with Crippen LogP contribution in [0.1, 0.15) is 76.7 Å². The number of anilines is 2. The van der Waals surface area contributed by atoms with Gasteiger partial charge in [0, 0.05) is 11.4 Å². The summed E-state index contributed by atoms with van der Waals surface area (Å²) in [7, 11) is 0. The van der Waals surface area contributed by atoms with Crippen molar-refractivity contribution in [3.05, 3.63) is 60.2 Å². The van der Waals surface area contributed by atoms with E-state index in [2.05, 4.69) is 60.8 Å². The van der Waals surface area contributed by atoms with Gasteiger partial charge in [0.15, 0.2) is 0 Å². The molecule has 0 radical (unpaired) electrons. The van der Waals surface area contributed by atoms with Crippen molar-refractivity contribution in [1.82, 2.24) is 0 Å². The molecule has 0 aliphatic rings. The normalized spacial score (nSPS) is 10.8. The summed E-state index contributed by atoms with van der Waals surface area (Å²) >= 11 is 0. The van der Waals surface area contributed by atoms with Gasteiger partial charge in [0.1, 0.15) is 0 Å². The van der Waals surface area contributed by atoms with E-state index in [0.717, 1.165) is 11.4 Å². The molecule has 25 heavy (non-hydrogen) atoms. The Morgan fingerprint density at radius 1 is 0.560 bits per heavy atom. The third-order valence-electron chi connectivity index (χ3n) is 4.84. The molecule has 1 heteroatoms. The number of rotatable bonds is 13. The first kappa shape index (κ1) is 19.6. The van der Waals surface area contributed by atoms with Gasteiger partial charge in [-0.1, -0.05) is 95.0 Å². The highest BCUT2D eigenvalue weighted by atomic mass is 14.9. The van der Waals surface area contributed by atoms with Crippen molar-refractivity contribution < 1.29 is 0 Å². The van der Waals surface area contributed by atoms with Gasteiger partial charge in [0.25, 0.3) is 0 Å². The molecule has 0 fully saturated rings. The molecular formula is C24H35N. The predicted molar refractivity (Wildman–Crippen MR) is 112 cm³/mol. The van der Waals surface area contributed by atoms with E-state index in [0.29, 0.717) is 0 Å². The minimum atomic E-state index is 1.14. The number of para-hydroxylation sites is 1. The van der Waals surface area contributed by atoms with E-state index in [-0.39, 0.29) is 0 Å². The van der Waals surface area contributed by atoms with E-state index < -0.39 is 0 Å². The first-order valence-electron chi connectivity index (χ1n) is 10.3. The van der Waals surface area contributed by atoms with Crippen molar-refractivity contribution in [3.8, 4) is 0 Å². The summed E-state index contributed by atoms with van der Waals surface area (Å²) in [6.45, 7) is 2.29. The van der Waals surface area contributed by atoms with Gasteiger partial charge in [0.05, 0.1) is 0 Å². The second kappa shape index (κ2) is 12.6. The molecule has 0 unspecified atom stereocenters. The van der Waals surface area contributed by atoms with Crippen LogP contribution in [0.5, 0.6) is 0 Å². The van der Waals surface area contributed by atoms with Gasteiger partial charge in [-0.25, -0.2) is 0 Å². The average molecular weight is 338 g/mol. The number of benzene rings is 2. The van der Waals surface area contributed by atoms with Gasteiger partial charge >= 0.3 is 0 Å². The van der Waals surface area contributed by atoms with Crippen LogP contribution >= 0.6 is 0 Å². The SMILES string of the molecule is CCCCCCCCCCCCc1ccc(Nc2ccccc2)cc1. The zero-order valence-electron chi connectivity index (χ0n) is 16.0. The van der Waals surface area contributed by atoms with E-state index in [1.54, 1.807) is 0 Å². The van der Waals surface area contributed by atoms with Crippen molar-refractivity contribution in [2.75, 3.05) is 5.32 Å². The van der Waals surface area contributed by atoms with Gasteiger partial charge in [-0.05, 0) is 42.7 Å². The summed E-state index contributed by atoms with van der Waals surface area (Å²) in [4.78, 5) is 0. The molecule has 2 aromatic rings. The lowest BCUT2D eigenvalue weighted by Crippen LogP contribution is -1.91. The van der Waals surface area contributed by atoms with Crippen molar-refractivity contribution in [2.45, 2.75) is 77.6 Å². The molecule has 0 aliphatic heterocycles. The highest BCUT2D eigenvalue weighted by Gasteiger charge is 1.97. The second-order valence-corrected chi connectivity index (χ2v) is 7.12. The molecule has 0 spiro atoms. The zero-order valence-corrected chi connectivity index (χ0v) is 16.0. The molecule has 1 N–H and O–H groups in total. The highest BCUT2D eigenvalue weighted by Crippen LogP contribution is 2.18. The van der Waals surface area contributed by atoms with Crippen LogP contribution in [-0.4, -0.2) is 0 Å². The topological polar surface area (TPSA) is 12.0 Å². The summed E-state index contributed by atoms with van der Waals surface area (Å²) < 4.78 is 0. The van der Waals surface area contributed by atoms with Gasteiger partial charge < -0.3 is 5.32 Å². The van der Waals surface area contributed by atoms with Crippen LogP contribution < -0.4 is 5.32 Å². The minimum Gasteiger partial charge on any atom is -0.356 e. The van der Waals surface area contributed by atoms with E-state index in [4.69, 9.17) is 0 Å². The average Bonchev–Trinajstić information content (AvgIpc) is 2.65. The van der Waals surface area contributed by atoms with Crippen LogP contribution in [0, 0.1) is 0 Å². The summed E-state index contributed by atoms with van der Waals surface area (Å²) in [6.07, 6.45) is 15.3. The number of hydrogen-bond acceptors (Lipinski definition) is 1. The maximum absolute atomic E-state index is 3.44. The fourth-order valence-electron chi connectivity index (χ4n) is 3.26. The zero-order chi connectivity index (χ0) is 17.6. The second-order valence-electron chi connectivity index (χ2n) is 7.12. The summed E-state index contributed by atoms with van der Waals surface area (Å²) in [5, 5.41) is 3.44. The maximum Gasteiger partial charge on any atom is 0.0384 e. The van der Waals surface area contributed by atoms with Crippen molar-refractivity contribution in [2.24, 2.45) is 0 Å². The molecule has 0 heterocycles. The van der Waals surface area contributed by atoms with Gasteiger partial charge in [-0.2, -0.15) is 0 Å². The Morgan fingerprint density at radius 3 is 1.68 bits per heavy atom. The monoisotopic (exact) mass is 337 g/mol. The first-order chi connectivity index (χ1) is 12.4. The molecule has 0 aliphatic carbocycles.